The summed E-state index contributed by atoms with van der Waals surface area (Å²) in [6, 6.07) is 0. The number of rotatable bonds is 13. The summed E-state index contributed by atoms with van der Waals surface area (Å²) in [7, 11) is 0. The highest BCUT2D eigenvalue weighted by atomic mass is 16.6. The van der Waals surface area contributed by atoms with E-state index >= 15 is 0 Å². The third-order valence-electron chi connectivity index (χ3n) is 29.7. The SMILES string of the molecule is CC(=O)O[C@H]1C[C@@H]2[C@]3(CC[C@]4(C)[C@@H]([C@@]5(C)CC[C@@H](C(C)(C)O)O5)[C@@H](O)C[C@@]24C)C[C@@]32CC[C@H](COC=O)C(C)(C)[C@H]12.CC(=O)O[C@H]1C[C@@]2(C)[C@@H]3C[C@H](OC(C)=O)[C@H]4C(C)(C)[C@@H](COC=O)CC[C@@]45C[C@@]35CC[C@]2(C)[C@H]1[C@@]1(C)CC[C@@H](C(C)(C)O)O1. The van der Waals surface area contributed by atoms with Crippen LogP contribution in [0.2, 0.25) is 0 Å². The highest BCUT2D eigenvalue weighted by Gasteiger charge is 2.87. The van der Waals surface area contributed by atoms with Gasteiger partial charge in [-0.3, -0.25) is 24.0 Å². The second-order valence-electron chi connectivity index (χ2n) is 34.8. The molecule has 10 saturated carbocycles. The van der Waals surface area contributed by atoms with Gasteiger partial charge in [0.05, 0.1) is 53.9 Å². The summed E-state index contributed by atoms with van der Waals surface area (Å²) in [5.74, 6) is 0.779. The second-order valence-corrected chi connectivity index (χ2v) is 34.8. The Morgan fingerprint density at radius 2 is 0.859 bits per heavy atom. The smallest absolute Gasteiger partial charge is 0.302 e. The van der Waals surface area contributed by atoms with E-state index in [9.17, 15) is 39.3 Å². The summed E-state index contributed by atoms with van der Waals surface area (Å²) >= 11 is 0. The van der Waals surface area contributed by atoms with Gasteiger partial charge in [-0.15, -0.1) is 0 Å². The number of carbonyl (C=O) groups is 5. The lowest BCUT2D eigenvalue weighted by Crippen LogP contribution is -2.62. The molecule has 0 aromatic rings. The van der Waals surface area contributed by atoms with Gasteiger partial charge in [-0.2, -0.15) is 0 Å². The minimum Gasteiger partial charge on any atom is -0.468 e. The van der Waals surface area contributed by atoms with Crippen LogP contribution >= 0.6 is 0 Å². The van der Waals surface area contributed by atoms with E-state index in [0.29, 0.717) is 38.0 Å². The molecule has 0 radical (unpaired) electrons. The zero-order chi connectivity index (χ0) is 62.3. The van der Waals surface area contributed by atoms with Crippen molar-refractivity contribution in [3.8, 4) is 0 Å². The fraction of sp³-hybridized carbons (Fsp3) is 0.929. The Morgan fingerprint density at radius 3 is 1.24 bits per heavy atom. The topological polar surface area (TPSA) is 211 Å². The van der Waals surface area contributed by atoms with E-state index < -0.39 is 28.5 Å². The molecule has 4 spiro atoms. The van der Waals surface area contributed by atoms with Crippen LogP contribution in [0.15, 0.2) is 0 Å². The van der Waals surface area contributed by atoms with Crippen LogP contribution in [0.3, 0.4) is 0 Å². The Balaban J connectivity index is 0.000000177. The van der Waals surface area contributed by atoms with Crippen LogP contribution in [-0.4, -0.2) is 118 Å². The number of hydrogen-bond acceptors (Lipinski definition) is 15. The molecule has 0 bridgehead atoms. The molecule has 85 heavy (non-hydrogen) atoms. The third-order valence-corrected chi connectivity index (χ3v) is 29.7. The van der Waals surface area contributed by atoms with Crippen LogP contribution in [0.5, 0.6) is 0 Å². The van der Waals surface area contributed by atoms with E-state index in [1.54, 1.807) is 0 Å². The lowest BCUT2D eigenvalue weighted by Gasteiger charge is -2.65. The molecule has 3 N–H and O–H groups in total. The Bertz CT molecular complexity index is 2660. The van der Waals surface area contributed by atoms with Gasteiger partial charge < -0.3 is 48.5 Å². The van der Waals surface area contributed by atoms with E-state index in [4.69, 9.17) is 33.2 Å². The van der Waals surface area contributed by atoms with Gasteiger partial charge in [0.25, 0.3) is 12.9 Å². The van der Waals surface area contributed by atoms with Crippen LogP contribution < -0.4 is 0 Å². The minimum atomic E-state index is -0.952. The van der Waals surface area contributed by atoms with Gasteiger partial charge in [0.15, 0.2) is 0 Å². The second kappa shape index (κ2) is 20.1. The Morgan fingerprint density at radius 1 is 0.482 bits per heavy atom. The molecule has 12 fully saturated rings. The maximum atomic E-state index is 12.7. The van der Waals surface area contributed by atoms with Gasteiger partial charge >= 0.3 is 17.9 Å². The molecule has 10 aliphatic carbocycles. The van der Waals surface area contributed by atoms with Crippen molar-refractivity contribution in [3.05, 3.63) is 0 Å². The monoisotopic (exact) mass is 1190 g/mol. The van der Waals surface area contributed by atoms with Crippen LogP contribution in [0.25, 0.3) is 0 Å². The maximum Gasteiger partial charge on any atom is 0.302 e. The van der Waals surface area contributed by atoms with Gasteiger partial charge in [0.1, 0.15) is 18.3 Å². The Hall–Kier alpha value is -2.85. The summed E-state index contributed by atoms with van der Waals surface area (Å²) in [6.07, 6.45) is 15.4. The number of hydrogen-bond donors (Lipinski definition) is 3. The van der Waals surface area contributed by atoms with E-state index in [1.807, 2.05) is 27.7 Å². The van der Waals surface area contributed by atoms with Crippen molar-refractivity contribution in [2.45, 2.75) is 292 Å². The van der Waals surface area contributed by atoms with Gasteiger partial charge in [0.2, 0.25) is 0 Å². The molecule has 0 unspecified atom stereocenters. The first-order valence-electron chi connectivity index (χ1n) is 33.3. The molecule has 0 aromatic carbocycles. The van der Waals surface area contributed by atoms with E-state index in [0.717, 1.165) is 109 Å². The number of fused-ring (bicyclic) bond motifs is 4. The van der Waals surface area contributed by atoms with Crippen LogP contribution in [0.1, 0.15) is 233 Å². The highest BCUT2D eigenvalue weighted by Crippen LogP contribution is 2.92. The Kier molecular flexibility index (Phi) is 15.0. The number of aliphatic hydroxyl groups excluding tert-OH is 1. The lowest BCUT2D eigenvalue weighted by atomic mass is 9.40. The van der Waals surface area contributed by atoms with E-state index in [2.05, 4.69) is 69.2 Å². The van der Waals surface area contributed by atoms with E-state index in [-0.39, 0.29) is 138 Å². The molecule has 2 heterocycles. The number of esters is 3. The molecule has 2 aliphatic heterocycles. The molecule has 480 valence electrons. The first-order chi connectivity index (χ1) is 39.2. The predicted molar refractivity (Wildman–Crippen MR) is 317 cm³/mol. The van der Waals surface area contributed by atoms with Gasteiger partial charge in [0, 0.05) is 44.4 Å². The lowest BCUT2D eigenvalue weighted by molar-refractivity contribution is -0.217. The molecule has 15 heteroatoms. The van der Waals surface area contributed by atoms with Gasteiger partial charge in [-0.25, -0.2) is 0 Å². The van der Waals surface area contributed by atoms with Gasteiger partial charge in [-0.05, 0) is 235 Å². The fourth-order valence-corrected chi connectivity index (χ4v) is 26.2. The Labute approximate surface area is 508 Å². The fourth-order valence-electron chi connectivity index (χ4n) is 26.2. The molecule has 12 aliphatic rings. The first kappa shape index (κ1) is 63.7. The standard InChI is InChI=1S/C36H56O8.C34H54O7/c1-21(38)42-24-16-26-33(8)17-25(43-22(2)39)29(34(9)12-11-27(44-34)31(5,6)40)32(33,7)14-15-35(26)19-36(35)13-10-23(18-41-20-37)30(3,4)28(24)36;1-20(36)40-23-15-24-31(7)16-22(37)26(32(8)11-10-25(41-32)29(4,5)38)30(31,6)13-14-33(24)18-34(33)12-9-21(17-39-19-35)28(2,3)27(23)34/h20,23-29,40H,10-19H2,1-9H3;19,21-27,37-38H,9-18H2,1-8H3/t23-,24+,25+,26+,27+,28+,29+,32-,33+,34-,35+,36-;21-,22+,23+,24+,25+,26+,27+,30-,31+,32-,33+,34-/m11/s1. The molecule has 24 atom stereocenters. The van der Waals surface area contributed by atoms with E-state index in [1.165, 1.54) is 27.2 Å². The van der Waals surface area contributed by atoms with Crippen molar-refractivity contribution >= 4 is 30.9 Å². The molecule has 15 nitrogen and oxygen atoms in total. The predicted octanol–water partition coefficient (Wildman–Crippen LogP) is 11.4. The maximum absolute atomic E-state index is 12.7. The van der Waals surface area contributed by atoms with Crippen molar-refractivity contribution in [1.82, 2.24) is 0 Å². The van der Waals surface area contributed by atoms with Crippen molar-refractivity contribution in [3.63, 3.8) is 0 Å². The van der Waals surface area contributed by atoms with Crippen molar-refractivity contribution in [1.29, 1.82) is 0 Å². The minimum absolute atomic E-state index is 0.0131. The van der Waals surface area contributed by atoms with Crippen LogP contribution in [0.4, 0.5) is 0 Å². The van der Waals surface area contributed by atoms with Crippen molar-refractivity contribution in [2.75, 3.05) is 13.2 Å². The summed E-state index contributed by atoms with van der Waals surface area (Å²) in [5, 5.41) is 33.6. The zero-order valence-electron chi connectivity index (χ0n) is 55.1. The average molecular weight is 1190 g/mol. The summed E-state index contributed by atoms with van der Waals surface area (Å²) < 4.78 is 43.0. The quantitative estimate of drug-likeness (QED) is 0.0889. The van der Waals surface area contributed by atoms with Crippen LogP contribution in [0, 0.1) is 101 Å². The molecular formula is C70H110O15. The van der Waals surface area contributed by atoms with Crippen LogP contribution in [-0.2, 0) is 57.1 Å². The van der Waals surface area contributed by atoms with Crippen molar-refractivity contribution in [2.24, 2.45) is 101 Å². The highest BCUT2D eigenvalue weighted by molar-refractivity contribution is 5.67. The summed E-state index contributed by atoms with van der Waals surface area (Å²) in [5.41, 5.74) is -3.24. The normalized spacial score (nSPS) is 51.8. The number of ether oxygens (including phenoxy) is 7. The summed E-state index contributed by atoms with van der Waals surface area (Å²) in [4.78, 5) is 60.1. The average Bonchev–Trinajstić information content (AvgIpc) is 1.47. The summed E-state index contributed by atoms with van der Waals surface area (Å²) in [6.45, 7) is 37.0. The molecule has 0 aromatic heterocycles. The molecule has 12 rings (SSSR count). The zero-order valence-corrected chi connectivity index (χ0v) is 55.1. The molecule has 0 amide bonds. The van der Waals surface area contributed by atoms with Crippen molar-refractivity contribution < 1.29 is 72.5 Å². The van der Waals surface area contributed by atoms with Gasteiger partial charge in [-0.1, -0.05) is 55.4 Å². The number of carbonyl (C=O) groups excluding carboxylic acids is 5. The molecular weight excluding hydrogens is 1080 g/mol. The number of aliphatic hydroxyl groups is 3. The largest absolute Gasteiger partial charge is 0.468 e. The third kappa shape index (κ3) is 8.89. The molecule has 2 saturated heterocycles. The first-order valence-corrected chi connectivity index (χ1v) is 33.3.